The van der Waals surface area contributed by atoms with Crippen molar-refractivity contribution in [1.29, 1.82) is 0 Å². The zero-order valence-corrected chi connectivity index (χ0v) is 15.4. The van der Waals surface area contributed by atoms with E-state index in [1.54, 1.807) is 12.1 Å². The number of H-pyrrole nitrogens is 1. The number of imidazole rings is 1. The van der Waals surface area contributed by atoms with Gasteiger partial charge in [-0.05, 0) is 50.5 Å². The van der Waals surface area contributed by atoms with Gasteiger partial charge in [0.05, 0.1) is 16.6 Å². The number of aromatic nitrogens is 3. The van der Waals surface area contributed by atoms with Gasteiger partial charge < -0.3 is 10.3 Å². The largest absolute Gasteiger partial charge is 0.349 e. The standard InChI is InChI=1S/C20H21ClN4O/c1-12-9-10-15(18(21)22-12)20(26)23-14-6-4-5-13(11-14)19-24-16-7-2-3-8-17(16)25-19/h2-3,7-10,13-14H,4-6,11H2,1H3,(H,23,26)(H,24,25). The van der Waals surface area contributed by atoms with Crippen LogP contribution in [-0.4, -0.2) is 26.9 Å². The third kappa shape index (κ3) is 3.44. The minimum atomic E-state index is -0.155. The lowest BCUT2D eigenvalue weighted by atomic mass is 9.85. The van der Waals surface area contributed by atoms with Crippen molar-refractivity contribution in [1.82, 2.24) is 20.3 Å². The number of para-hydroxylation sites is 2. The van der Waals surface area contributed by atoms with E-state index in [0.29, 0.717) is 11.5 Å². The molecule has 134 valence electrons. The highest BCUT2D eigenvalue weighted by atomic mass is 35.5. The fourth-order valence-electron chi connectivity index (χ4n) is 3.69. The Morgan fingerprint density at radius 1 is 1.19 bits per heavy atom. The molecule has 4 rings (SSSR count). The van der Waals surface area contributed by atoms with Crippen molar-refractivity contribution in [2.24, 2.45) is 0 Å². The van der Waals surface area contributed by atoms with Crippen molar-refractivity contribution in [2.45, 2.75) is 44.6 Å². The average molecular weight is 369 g/mol. The first kappa shape index (κ1) is 17.0. The van der Waals surface area contributed by atoms with Crippen LogP contribution in [0.4, 0.5) is 0 Å². The molecule has 1 fully saturated rings. The number of carbonyl (C=O) groups is 1. The number of fused-ring (bicyclic) bond motifs is 1. The molecule has 2 N–H and O–H groups in total. The summed E-state index contributed by atoms with van der Waals surface area (Å²) in [6, 6.07) is 11.7. The van der Waals surface area contributed by atoms with E-state index in [2.05, 4.69) is 15.3 Å². The molecule has 1 saturated carbocycles. The van der Waals surface area contributed by atoms with Crippen LogP contribution in [0.1, 0.15) is 53.5 Å². The first-order valence-corrected chi connectivity index (χ1v) is 9.36. The number of benzene rings is 1. The summed E-state index contributed by atoms with van der Waals surface area (Å²) in [6.07, 6.45) is 3.99. The summed E-state index contributed by atoms with van der Waals surface area (Å²) in [6.45, 7) is 1.85. The fraction of sp³-hybridized carbons (Fsp3) is 0.350. The van der Waals surface area contributed by atoms with Gasteiger partial charge in [-0.1, -0.05) is 30.2 Å². The average Bonchev–Trinajstić information content (AvgIpc) is 3.06. The van der Waals surface area contributed by atoms with Crippen LogP contribution in [0.15, 0.2) is 36.4 Å². The van der Waals surface area contributed by atoms with Gasteiger partial charge in [-0.3, -0.25) is 4.79 Å². The highest BCUT2D eigenvalue weighted by Crippen LogP contribution is 2.32. The summed E-state index contributed by atoms with van der Waals surface area (Å²) in [5.74, 6) is 1.19. The maximum Gasteiger partial charge on any atom is 0.254 e. The summed E-state index contributed by atoms with van der Waals surface area (Å²) in [5.41, 5.74) is 3.29. The van der Waals surface area contributed by atoms with Gasteiger partial charge in [0.25, 0.3) is 5.91 Å². The van der Waals surface area contributed by atoms with Gasteiger partial charge in [0, 0.05) is 17.7 Å². The highest BCUT2D eigenvalue weighted by Gasteiger charge is 2.27. The van der Waals surface area contributed by atoms with E-state index >= 15 is 0 Å². The van der Waals surface area contributed by atoms with Crippen LogP contribution in [0.3, 0.4) is 0 Å². The number of hydrogen-bond donors (Lipinski definition) is 2. The summed E-state index contributed by atoms with van der Waals surface area (Å²) >= 11 is 6.12. The first-order valence-electron chi connectivity index (χ1n) is 8.99. The van der Waals surface area contributed by atoms with Crippen LogP contribution in [0, 0.1) is 6.92 Å². The zero-order valence-electron chi connectivity index (χ0n) is 14.6. The molecule has 6 heteroatoms. The van der Waals surface area contributed by atoms with Gasteiger partial charge in [-0.25, -0.2) is 9.97 Å². The number of carbonyl (C=O) groups excluding carboxylic acids is 1. The first-order chi connectivity index (χ1) is 12.6. The van der Waals surface area contributed by atoms with E-state index in [-0.39, 0.29) is 17.1 Å². The molecule has 0 spiro atoms. The van der Waals surface area contributed by atoms with Crippen molar-refractivity contribution >= 4 is 28.5 Å². The summed E-state index contributed by atoms with van der Waals surface area (Å²) in [5, 5.41) is 3.38. The summed E-state index contributed by atoms with van der Waals surface area (Å²) in [4.78, 5) is 24.9. The number of rotatable bonds is 3. The van der Waals surface area contributed by atoms with Gasteiger partial charge in [0.1, 0.15) is 11.0 Å². The second-order valence-electron chi connectivity index (χ2n) is 6.96. The molecule has 2 heterocycles. The van der Waals surface area contributed by atoms with Crippen molar-refractivity contribution in [3.05, 3.63) is 58.6 Å². The Kier molecular flexibility index (Phi) is 4.64. The Morgan fingerprint density at radius 3 is 2.85 bits per heavy atom. The Morgan fingerprint density at radius 2 is 2.04 bits per heavy atom. The molecule has 1 aromatic carbocycles. The molecule has 1 amide bonds. The van der Waals surface area contributed by atoms with Crippen molar-refractivity contribution < 1.29 is 4.79 Å². The molecular weight excluding hydrogens is 348 g/mol. The minimum Gasteiger partial charge on any atom is -0.349 e. The highest BCUT2D eigenvalue weighted by molar-refractivity contribution is 6.32. The lowest BCUT2D eigenvalue weighted by Gasteiger charge is -2.28. The van der Waals surface area contributed by atoms with Gasteiger partial charge in [-0.2, -0.15) is 0 Å². The van der Waals surface area contributed by atoms with Gasteiger partial charge in [0.2, 0.25) is 0 Å². The van der Waals surface area contributed by atoms with Crippen LogP contribution in [0.5, 0.6) is 0 Å². The van der Waals surface area contributed by atoms with E-state index in [9.17, 15) is 4.79 Å². The SMILES string of the molecule is Cc1ccc(C(=O)NC2CCCC(c3nc4ccccc4[nH]3)C2)c(Cl)n1. The van der Waals surface area contributed by atoms with Crippen molar-refractivity contribution in [3.63, 3.8) is 0 Å². The Bertz CT molecular complexity index is 919. The molecule has 3 aromatic rings. The van der Waals surface area contributed by atoms with Crippen LogP contribution < -0.4 is 5.32 Å². The third-order valence-corrected chi connectivity index (χ3v) is 5.32. The number of amides is 1. The molecular formula is C20H21ClN4O. The van der Waals surface area contributed by atoms with E-state index < -0.39 is 0 Å². The maximum absolute atomic E-state index is 12.6. The maximum atomic E-state index is 12.6. The lowest BCUT2D eigenvalue weighted by molar-refractivity contribution is 0.0924. The van der Waals surface area contributed by atoms with E-state index in [4.69, 9.17) is 16.6 Å². The van der Waals surface area contributed by atoms with Crippen LogP contribution in [0.2, 0.25) is 5.15 Å². The minimum absolute atomic E-state index is 0.117. The predicted molar refractivity (Wildman–Crippen MR) is 103 cm³/mol. The van der Waals surface area contributed by atoms with Gasteiger partial charge >= 0.3 is 0 Å². The van der Waals surface area contributed by atoms with Gasteiger partial charge in [0.15, 0.2) is 0 Å². The van der Waals surface area contributed by atoms with Crippen molar-refractivity contribution in [3.8, 4) is 0 Å². The Hall–Kier alpha value is -2.40. The van der Waals surface area contributed by atoms with Crippen LogP contribution in [-0.2, 0) is 0 Å². The number of halogens is 1. The molecule has 26 heavy (non-hydrogen) atoms. The number of pyridine rings is 1. The second kappa shape index (κ2) is 7.08. The quantitative estimate of drug-likeness (QED) is 0.674. The Balaban J connectivity index is 1.47. The van der Waals surface area contributed by atoms with Crippen LogP contribution >= 0.6 is 11.6 Å². The lowest BCUT2D eigenvalue weighted by Crippen LogP contribution is -2.38. The molecule has 2 atom stereocenters. The van der Waals surface area contributed by atoms with E-state index in [1.807, 2.05) is 31.2 Å². The molecule has 2 aromatic heterocycles. The molecule has 2 unspecified atom stereocenters. The van der Waals surface area contributed by atoms with Gasteiger partial charge in [-0.15, -0.1) is 0 Å². The monoisotopic (exact) mass is 368 g/mol. The molecule has 1 aliphatic rings. The molecule has 0 radical (unpaired) electrons. The number of hydrogen-bond acceptors (Lipinski definition) is 3. The molecule has 1 aliphatic carbocycles. The summed E-state index contributed by atoms with van der Waals surface area (Å²) in [7, 11) is 0. The summed E-state index contributed by atoms with van der Waals surface area (Å²) < 4.78 is 0. The number of aromatic amines is 1. The number of nitrogens with zero attached hydrogens (tertiary/aromatic N) is 2. The molecule has 5 nitrogen and oxygen atoms in total. The predicted octanol–water partition coefficient (Wildman–Crippen LogP) is 4.38. The topological polar surface area (TPSA) is 70.7 Å². The number of nitrogens with one attached hydrogen (secondary N) is 2. The molecule has 0 aliphatic heterocycles. The van der Waals surface area contributed by atoms with Crippen LogP contribution in [0.25, 0.3) is 11.0 Å². The Labute approximate surface area is 157 Å². The van der Waals surface area contributed by atoms with E-state index in [1.165, 1.54) is 0 Å². The molecule has 0 bridgehead atoms. The second-order valence-corrected chi connectivity index (χ2v) is 7.32. The zero-order chi connectivity index (χ0) is 18.1. The fourth-order valence-corrected chi connectivity index (χ4v) is 3.97. The number of aryl methyl sites for hydroxylation is 1. The smallest absolute Gasteiger partial charge is 0.254 e. The van der Waals surface area contributed by atoms with Crippen molar-refractivity contribution in [2.75, 3.05) is 0 Å². The normalized spacial score (nSPS) is 20.2. The van der Waals surface area contributed by atoms with E-state index in [0.717, 1.165) is 48.2 Å². The third-order valence-electron chi connectivity index (χ3n) is 5.04. The molecule has 0 saturated heterocycles.